The molecule has 0 bridgehead atoms. The molecule has 2 unspecified atom stereocenters. The van der Waals surface area contributed by atoms with E-state index in [0.29, 0.717) is 19.4 Å². The Hall–Kier alpha value is -1.39. The third kappa shape index (κ3) is 7.02. The second-order valence-corrected chi connectivity index (χ2v) is 8.76. The van der Waals surface area contributed by atoms with Crippen LogP contribution < -0.4 is 5.32 Å². The first-order valence-electron chi connectivity index (χ1n) is 8.66. The fourth-order valence-corrected chi connectivity index (χ4v) is 4.01. The van der Waals surface area contributed by atoms with Crippen molar-refractivity contribution in [1.29, 1.82) is 0 Å². The highest BCUT2D eigenvalue weighted by molar-refractivity contribution is 5.67. The van der Waals surface area contributed by atoms with Crippen molar-refractivity contribution in [3.05, 3.63) is 0 Å². The van der Waals surface area contributed by atoms with Gasteiger partial charge >= 0.3 is 6.09 Å². The lowest BCUT2D eigenvalue weighted by Gasteiger charge is -2.45. The molecule has 0 saturated heterocycles. The van der Waals surface area contributed by atoms with Gasteiger partial charge in [-0.1, -0.05) is 20.8 Å². The Morgan fingerprint density at radius 1 is 1.38 bits per heavy atom. The number of carbonyl (C=O) groups excluding carboxylic acids is 2. The number of carbonyl (C=O) groups is 1. The van der Waals surface area contributed by atoms with Crippen LogP contribution in [0.25, 0.3) is 0 Å². The largest absolute Gasteiger partial charge is 0.444 e. The summed E-state index contributed by atoms with van der Waals surface area (Å²) in [7, 11) is 0. The van der Waals surface area contributed by atoms with Gasteiger partial charge in [0.05, 0.1) is 6.04 Å². The van der Waals surface area contributed by atoms with Gasteiger partial charge in [-0.15, -0.1) is 0 Å². The summed E-state index contributed by atoms with van der Waals surface area (Å²) in [5.74, 6) is 0. The van der Waals surface area contributed by atoms with Gasteiger partial charge in [-0.25, -0.2) is 14.6 Å². The maximum absolute atomic E-state index is 12.1. The molecule has 1 rings (SSSR count). The van der Waals surface area contributed by atoms with Crippen molar-refractivity contribution in [1.82, 2.24) is 5.32 Å². The number of amides is 1. The van der Waals surface area contributed by atoms with E-state index in [1.807, 2.05) is 13.8 Å². The van der Waals surface area contributed by atoms with E-state index < -0.39 is 11.7 Å². The van der Waals surface area contributed by atoms with Gasteiger partial charge in [0.15, 0.2) is 0 Å². The second-order valence-electron chi connectivity index (χ2n) is 8.76. The maximum atomic E-state index is 12.1. The molecule has 1 saturated carbocycles. The van der Waals surface area contributed by atoms with Crippen LogP contribution in [0.3, 0.4) is 0 Å². The van der Waals surface area contributed by atoms with E-state index in [1.165, 1.54) is 0 Å². The van der Waals surface area contributed by atoms with E-state index in [-0.39, 0.29) is 23.5 Å². The Morgan fingerprint density at radius 3 is 2.62 bits per heavy atom. The Kier molecular flexibility index (Phi) is 6.99. The maximum Gasteiger partial charge on any atom is 0.407 e. The number of isocyanates is 1. The average molecular weight is 340 g/mol. The molecule has 24 heavy (non-hydrogen) atoms. The van der Waals surface area contributed by atoms with Gasteiger partial charge in [0, 0.05) is 13.2 Å². The minimum atomic E-state index is -0.607. The summed E-state index contributed by atoms with van der Waals surface area (Å²) in [5.41, 5.74) is -0.686. The number of aliphatic imine (C=N–C) groups is 1. The highest BCUT2D eigenvalue weighted by atomic mass is 16.6. The van der Waals surface area contributed by atoms with Crippen molar-refractivity contribution in [2.75, 3.05) is 13.2 Å². The SMILES string of the molecule is CC1(C)CC(N=C=O)CC(C)(CNC(=O)OC(C)(C)CCCO)C1. The fraction of sp³-hybridized carbons (Fsp3) is 0.889. The lowest BCUT2D eigenvalue weighted by atomic mass is 9.63. The molecule has 2 atom stereocenters. The first-order chi connectivity index (χ1) is 11.0. The quantitative estimate of drug-likeness (QED) is 0.550. The van der Waals surface area contributed by atoms with Crippen molar-refractivity contribution >= 4 is 12.2 Å². The normalized spacial score (nSPS) is 26.3. The molecule has 138 valence electrons. The second kappa shape index (κ2) is 8.13. The highest BCUT2D eigenvalue weighted by Crippen LogP contribution is 2.46. The van der Waals surface area contributed by atoms with E-state index in [9.17, 15) is 9.59 Å². The van der Waals surface area contributed by atoms with E-state index >= 15 is 0 Å². The third-order valence-electron chi connectivity index (χ3n) is 4.62. The van der Waals surface area contributed by atoms with Crippen LogP contribution >= 0.6 is 0 Å². The summed E-state index contributed by atoms with van der Waals surface area (Å²) >= 11 is 0. The molecule has 6 heteroatoms. The summed E-state index contributed by atoms with van der Waals surface area (Å²) < 4.78 is 5.46. The Labute approximate surface area is 145 Å². The van der Waals surface area contributed by atoms with E-state index in [0.717, 1.165) is 19.3 Å². The summed E-state index contributed by atoms with van der Waals surface area (Å²) in [5, 5.41) is 11.8. The van der Waals surface area contributed by atoms with Crippen molar-refractivity contribution in [3.63, 3.8) is 0 Å². The molecular weight excluding hydrogens is 308 g/mol. The molecule has 1 fully saturated rings. The molecule has 0 heterocycles. The molecule has 0 aromatic rings. The number of aliphatic hydroxyl groups is 1. The van der Waals surface area contributed by atoms with Gasteiger partial charge in [0.25, 0.3) is 0 Å². The number of ether oxygens (including phenoxy) is 1. The van der Waals surface area contributed by atoms with Crippen LogP contribution in [0.4, 0.5) is 4.79 Å². The summed E-state index contributed by atoms with van der Waals surface area (Å²) in [6.07, 6.45) is 4.98. The topological polar surface area (TPSA) is 88.0 Å². The average Bonchev–Trinajstić information content (AvgIpc) is 2.41. The molecule has 1 amide bonds. The number of alkyl carbamates (subject to hydrolysis) is 1. The van der Waals surface area contributed by atoms with Crippen molar-refractivity contribution in [3.8, 4) is 0 Å². The van der Waals surface area contributed by atoms with Gasteiger partial charge in [-0.3, -0.25) is 0 Å². The molecule has 6 nitrogen and oxygen atoms in total. The van der Waals surface area contributed by atoms with E-state index in [4.69, 9.17) is 9.84 Å². The zero-order chi connectivity index (χ0) is 18.4. The van der Waals surface area contributed by atoms with E-state index in [2.05, 4.69) is 31.1 Å². The van der Waals surface area contributed by atoms with Gasteiger partial charge in [-0.2, -0.15) is 0 Å². The fourth-order valence-electron chi connectivity index (χ4n) is 4.01. The Morgan fingerprint density at radius 2 is 2.04 bits per heavy atom. The van der Waals surface area contributed by atoms with Gasteiger partial charge < -0.3 is 15.2 Å². The predicted octanol–water partition coefficient (Wildman–Crippen LogP) is 3.18. The third-order valence-corrected chi connectivity index (χ3v) is 4.62. The van der Waals surface area contributed by atoms with E-state index in [1.54, 1.807) is 6.08 Å². The van der Waals surface area contributed by atoms with Crippen molar-refractivity contribution < 1.29 is 19.4 Å². The van der Waals surface area contributed by atoms with Crippen LogP contribution in [-0.4, -0.2) is 42.1 Å². The summed E-state index contributed by atoms with van der Waals surface area (Å²) in [6, 6.07) is -0.0462. The molecule has 0 aromatic heterocycles. The number of nitrogens with zero attached hydrogens (tertiary/aromatic N) is 1. The molecule has 0 spiro atoms. The molecule has 0 radical (unpaired) electrons. The smallest absolute Gasteiger partial charge is 0.407 e. The summed E-state index contributed by atoms with van der Waals surface area (Å²) in [6.45, 7) is 10.7. The van der Waals surface area contributed by atoms with Gasteiger partial charge in [0.2, 0.25) is 6.08 Å². The van der Waals surface area contributed by atoms with Crippen molar-refractivity contribution in [2.24, 2.45) is 15.8 Å². The lowest BCUT2D eigenvalue weighted by molar-refractivity contribution is 0.0219. The summed E-state index contributed by atoms with van der Waals surface area (Å²) in [4.78, 5) is 26.6. The first-order valence-corrected chi connectivity index (χ1v) is 8.66. The molecule has 2 N–H and O–H groups in total. The number of hydrogen-bond donors (Lipinski definition) is 2. The molecule has 0 aromatic carbocycles. The van der Waals surface area contributed by atoms with Crippen molar-refractivity contribution in [2.45, 2.75) is 78.4 Å². The molecule has 1 aliphatic rings. The van der Waals surface area contributed by atoms with Gasteiger partial charge in [0.1, 0.15) is 5.60 Å². The minimum absolute atomic E-state index is 0.0462. The monoisotopic (exact) mass is 340 g/mol. The van der Waals surface area contributed by atoms with Crippen LogP contribution in [0.5, 0.6) is 0 Å². The lowest BCUT2D eigenvalue weighted by Crippen LogP contribution is -2.46. The minimum Gasteiger partial charge on any atom is -0.444 e. The first kappa shape index (κ1) is 20.7. The molecular formula is C18H32N2O4. The Bertz CT molecular complexity index is 483. The number of hydrogen-bond acceptors (Lipinski definition) is 5. The standard InChI is InChI=1S/C18H32N2O4/c1-16(2)9-14(20-13-22)10-18(5,11-16)12-19-15(23)24-17(3,4)7-6-8-21/h14,21H,6-12H2,1-5H3,(H,19,23). The van der Waals surface area contributed by atoms with Crippen LogP contribution in [-0.2, 0) is 9.53 Å². The zero-order valence-corrected chi connectivity index (χ0v) is 15.6. The number of aliphatic hydroxyl groups excluding tert-OH is 1. The Balaban J connectivity index is 2.60. The number of nitrogens with one attached hydrogen (secondary N) is 1. The molecule has 0 aliphatic heterocycles. The number of rotatable bonds is 7. The van der Waals surface area contributed by atoms with Crippen LogP contribution in [0.2, 0.25) is 0 Å². The van der Waals surface area contributed by atoms with Crippen LogP contribution in [0.1, 0.15) is 66.7 Å². The predicted molar refractivity (Wildman–Crippen MR) is 92.5 cm³/mol. The molecule has 1 aliphatic carbocycles. The highest BCUT2D eigenvalue weighted by Gasteiger charge is 2.41. The van der Waals surface area contributed by atoms with Crippen LogP contribution in [0.15, 0.2) is 4.99 Å². The van der Waals surface area contributed by atoms with Gasteiger partial charge in [-0.05, 0) is 56.8 Å². The van der Waals surface area contributed by atoms with Crippen LogP contribution in [0, 0.1) is 10.8 Å². The zero-order valence-electron chi connectivity index (χ0n) is 15.6.